The van der Waals surface area contributed by atoms with Crippen LogP contribution in [0.3, 0.4) is 0 Å². The van der Waals surface area contributed by atoms with E-state index in [0.717, 1.165) is 6.42 Å². The highest BCUT2D eigenvalue weighted by Crippen LogP contribution is 2.39. The second-order valence-electron chi connectivity index (χ2n) is 8.81. The molecule has 0 aliphatic heterocycles. The minimum atomic E-state index is -2.77. The van der Waals surface area contributed by atoms with Crippen LogP contribution in [0.4, 0.5) is 0 Å². The molecule has 0 radical (unpaired) electrons. The summed E-state index contributed by atoms with van der Waals surface area (Å²) in [6.07, 6.45) is 11.9. The van der Waals surface area contributed by atoms with Crippen LogP contribution in [0, 0.1) is 0 Å². The van der Waals surface area contributed by atoms with Gasteiger partial charge in [0.2, 0.25) is 0 Å². The summed E-state index contributed by atoms with van der Waals surface area (Å²) < 4.78 is 19.3. The summed E-state index contributed by atoms with van der Waals surface area (Å²) in [5.74, 6) is 0. The highest BCUT2D eigenvalue weighted by atomic mass is 28.4. The normalized spacial score (nSPS) is 13.5. The van der Waals surface area contributed by atoms with E-state index in [1.54, 1.807) is 0 Å². The number of hydrogen-bond acceptors (Lipinski definition) is 3. The van der Waals surface area contributed by atoms with Crippen LogP contribution < -0.4 is 5.19 Å². The van der Waals surface area contributed by atoms with E-state index in [1.165, 1.54) is 56.6 Å². The van der Waals surface area contributed by atoms with Crippen LogP contribution in [0.15, 0.2) is 30.3 Å². The lowest BCUT2D eigenvalue weighted by Crippen LogP contribution is -2.62. The lowest BCUT2D eigenvalue weighted by molar-refractivity contribution is 0.0662. The summed E-state index contributed by atoms with van der Waals surface area (Å²) in [4.78, 5) is 0. The largest absolute Gasteiger partial charge is 0.501 e. The molecule has 0 aliphatic carbocycles. The quantitative estimate of drug-likeness (QED) is 0.176. The van der Waals surface area contributed by atoms with E-state index in [9.17, 15) is 0 Å². The second-order valence-corrected chi connectivity index (χ2v) is 16.9. The molecule has 0 saturated heterocycles. The first-order valence-corrected chi connectivity index (χ1v) is 17.3. The topological polar surface area (TPSA) is 27.7 Å². The first-order chi connectivity index (χ1) is 14.5. The highest BCUT2D eigenvalue weighted by Gasteiger charge is 2.56. The Morgan fingerprint density at radius 3 is 1.60 bits per heavy atom. The van der Waals surface area contributed by atoms with Gasteiger partial charge in [0, 0.05) is 25.0 Å². The number of benzene rings is 1. The SMILES string of the molecule is CCCCCCCCCCC([Si](OCC)(OCC)OCC)[Si](C)(C)c1ccccc1. The third-order valence-corrected chi connectivity index (χ3v) is 16.5. The zero-order valence-corrected chi connectivity index (χ0v) is 22.7. The molecule has 1 aromatic carbocycles. The minimum absolute atomic E-state index is 0.382. The van der Waals surface area contributed by atoms with Crippen molar-refractivity contribution in [2.45, 2.75) is 104 Å². The van der Waals surface area contributed by atoms with Crippen LogP contribution in [0.2, 0.25) is 18.3 Å². The summed E-state index contributed by atoms with van der Waals surface area (Å²) in [5, 5.41) is 1.86. The Labute approximate surface area is 189 Å². The average Bonchev–Trinajstić information content (AvgIpc) is 2.73. The maximum atomic E-state index is 6.43. The van der Waals surface area contributed by atoms with Crippen molar-refractivity contribution in [3.05, 3.63) is 30.3 Å². The highest BCUT2D eigenvalue weighted by molar-refractivity contribution is 6.99. The number of unbranched alkanes of at least 4 members (excludes halogenated alkanes) is 7. The van der Waals surface area contributed by atoms with E-state index in [1.807, 2.05) is 0 Å². The lowest BCUT2D eigenvalue weighted by atomic mass is 10.1. The zero-order valence-electron chi connectivity index (χ0n) is 20.7. The van der Waals surface area contributed by atoms with Gasteiger partial charge in [0.05, 0.1) is 8.07 Å². The lowest BCUT2D eigenvalue weighted by Gasteiger charge is -2.43. The van der Waals surface area contributed by atoms with E-state index in [0.29, 0.717) is 25.0 Å². The molecular weight excluding hydrogens is 404 g/mol. The van der Waals surface area contributed by atoms with Gasteiger partial charge in [-0.15, -0.1) is 0 Å². The molecule has 0 N–H and O–H groups in total. The van der Waals surface area contributed by atoms with Gasteiger partial charge >= 0.3 is 8.80 Å². The smallest absolute Gasteiger partial charge is 0.374 e. The van der Waals surface area contributed by atoms with Gasteiger partial charge in [-0.3, -0.25) is 0 Å². The van der Waals surface area contributed by atoms with Crippen LogP contribution in [-0.2, 0) is 13.3 Å². The van der Waals surface area contributed by atoms with Gasteiger partial charge in [-0.1, -0.05) is 107 Å². The molecule has 0 saturated carbocycles. The molecule has 0 aliphatic rings. The molecule has 0 amide bonds. The Morgan fingerprint density at radius 1 is 0.667 bits per heavy atom. The third-order valence-electron chi connectivity index (χ3n) is 6.20. The van der Waals surface area contributed by atoms with Crippen molar-refractivity contribution in [1.29, 1.82) is 0 Å². The molecule has 1 aromatic rings. The molecule has 0 heterocycles. The molecule has 1 unspecified atom stereocenters. The molecule has 1 rings (SSSR count). The molecule has 1 atom stereocenters. The van der Waals surface area contributed by atoms with Crippen LogP contribution in [0.25, 0.3) is 0 Å². The van der Waals surface area contributed by atoms with Crippen molar-refractivity contribution >= 4 is 22.1 Å². The summed E-state index contributed by atoms with van der Waals surface area (Å²) in [6, 6.07) is 11.1. The van der Waals surface area contributed by atoms with Gasteiger partial charge in [-0.2, -0.15) is 0 Å². The van der Waals surface area contributed by atoms with E-state index in [-0.39, 0.29) is 0 Å². The van der Waals surface area contributed by atoms with E-state index in [2.05, 4.69) is 71.1 Å². The van der Waals surface area contributed by atoms with Crippen molar-refractivity contribution in [3.8, 4) is 0 Å². The summed E-state index contributed by atoms with van der Waals surface area (Å²) >= 11 is 0. The van der Waals surface area contributed by atoms with Crippen molar-refractivity contribution in [2.24, 2.45) is 0 Å². The second kappa shape index (κ2) is 15.4. The predicted molar refractivity (Wildman–Crippen MR) is 135 cm³/mol. The van der Waals surface area contributed by atoms with Crippen LogP contribution in [-0.4, -0.2) is 36.7 Å². The van der Waals surface area contributed by atoms with E-state index >= 15 is 0 Å². The maximum Gasteiger partial charge on any atom is 0.501 e. The van der Waals surface area contributed by atoms with E-state index < -0.39 is 16.9 Å². The van der Waals surface area contributed by atoms with Crippen molar-refractivity contribution < 1.29 is 13.3 Å². The molecule has 3 nitrogen and oxygen atoms in total. The average molecular weight is 453 g/mol. The van der Waals surface area contributed by atoms with E-state index in [4.69, 9.17) is 13.3 Å². The Morgan fingerprint density at radius 2 is 1.13 bits per heavy atom. The van der Waals surface area contributed by atoms with Crippen LogP contribution in [0.1, 0.15) is 85.5 Å². The molecule has 0 aromatic heterocycles. The zero-order chi connectivity index (χ0) is 22.3. The molecule has 0 fully saturated rings. The van der Waals surface area contributed by atoms with Crippen molar-refractivity contribution in [3.63, 3.8) is 0 Å². The molecule has 174 valence electrons. The Hall–Kier alpha value is -0.466. The molecular formula is C25H48O3Si2. The Kier molecular flexibility index (Phi) is 14.1. The first kappa shape index (κ1) is 27.6. The van der Waals surface area contributed by atoms with Crippen LogP contribution in [0.5, 0.6) is 0 Å². The monoisotopic (exact) mass is 452 g/mol. The maximum absolute atomic E-state index is 6.43. The Bertz CT molecular complexity index is 519. The molecule has 5 heteroatoms. The minimum Gasteiger partial charge on any atom is -0.374 e. The molecule has 0 spiro atoms. The van der Waals surface area contributed by atoms with Gasteiger partial charge in [0.25, 0.3) is 0 Å². The number of hydrogen-bond donors (Lipinski definition) is 0. The fourth-order valence-electron chi connectivity index (χ4n) is 4.56. The van der Waals surface area contributed by atoms with Gasteiger partial charge in [-0.25, -0.2) is 0 Å². The Balaban J connectivity index is 2.97. The fourth-order valence-corrected chi connectivity index (χ4v) is 14.3. The number of rotatable bonds is 18. The van der Waals surface area contributed by atoms with Gasteiger partial charge in [0.15, 0.2) is 0 Å². The molecule has 30 heavy (non-hydrogen) atoms. The standard InChI is InChI=1S/C25H48O3Si2/c1-7-11-12-13-14-15-16-20-23-25(29(5,6)24-21-18-17-19-22-24)30(26-8-2,27-9-3)28-10-4/h17-19,21-22,25H,7-16,20,23H2,1-6H3. The van der Waals surface area contributed by atoms with Gasteiger partial charge in [0.1, 0.15) is 0 Å². The summed E-state index contributed by atoms with van der Waals surface area (Å²) in [7, 11) is -4.62. The van der Waals surface area contributed by atoms with Crippen molar-refractivity contribution in [1.82, 2.24) is 0 Å². The fraction of sp³-hybridized carbons (Fsp3) is 0.760. The summed E-state index contributed by atoms with van der Waals surface area (Å²) in [5.41, 5.74) is 0. The van der Waals surface area contributed by atoms with Crippen LogP contribution >= 0.6 is 0 Å². The first-order valence-electron chi connectivity index (χ1n) is 12.5. The predicted octanol–water partition coefficient (Wildman–Crippen LogP) is 7.09. The summed E-state index contributed by atoms with van der Waals surface area (Å²) in [6.45, 7) is 15.4. The molecule has 0 bridgehead atoms. The van der Waals surface area contributed by atoms with Gasteiger partial charge in [-0.05, 0) is 27.2 Å². The third kappa shape index (κ3) is 8.58. The van der Waals surface area contributed by atoms with Gasteiger partial charge < -0.3 is 13.3 Å². The van der Waals surface area contributed by atoms with Crippen molar-refractivity contribution in [2.75, 3.05) is 19.8 Å².